The molecule has 0 aliphatic heterocycles. The Balaban J connectivity index is 1.75. The Kier molecular flexibility index (Phi) is 5.91. The van der Waals surface area contributed by atoms with Crippen LogP contribution in [-0.4, -0.2) is 27.7 Å². The van der Waals surface area contributed by atoms with E-state index in [1.807, 2.05) is 18.2 Å². The van der Waals surface area contributed by atoms with Crippen LogP contribution in [-0.2, 0) is 6.54 Å². The topological polar surface area (TPSA) is 70.1 Å². The molecule has 25 heavy (non-hydrogen) atoms. The summed E-state index contributed by atoms with van der Waals surface area (Å²) in [6, 6.07) is 10.2. The summed E-state index contributed by atoms with van der Waals surface area (Å²) in [7, 11) is 0. The molecule has 0 radical (unpaired) electrons. The van der Waals surface area contributed by atoms with Crippen LogP contribution in [0.15, 0.2) is 34.8 Å². The summed E-state index contributed by atoms with van der Waals surface area (Å²) in [5.74, 6) is 2.26. The van der Waals surface area contributed by atoms with E-state index in [2.05, 4.69) is 62.5 Å². The second kappa shape index (κ2) is 8.15. The first-order valence-electron chi connectivity index (χ1n) is 8.80. The van der Waals surface area contributed by atoms with E-state index in [0.29, 0.717) is 24.3 Å². The van der Waals surface area contributed by atoms with Gasteiger partial charge in [-0.25, -0.2) is 4.98 Å². The van der Waals surface area contributed by atoms with E-state index >= 15 is 0 Å². The number of halogens is 1. The van der Waals surface area contributed by atoms with E-state index in [1.54, 1.807) is 0 Å². The number of aromatic nitrogens is 2. The Morgan fingerprint density at radius 3 is 2.68 bits per heavy atom. The molecule has 1 aliphatic rings. The van der Waals surface area contributed by atoms with Crippen LogP contribution in [0.25, 0.3) is 0 Å². The van der Waals surface area contributed by atoms with Crippen LogP contribution in [0.1, 0.15) is 43.9 Å². The Morgan fingerprint density at radius 2 is 2.04 bits per heavy atom. The lowest BCUT2D eigenvalue weighted by atomic mass is 10.1. The van der Waals surface area contributed by atoms with E-state index in [-0.39, 0.29) is 12.6 Å². The molecule has 2 aromatic rings. The molecule has 0 amide bonds. The number of hydrogen-bond donors (Lipinski definition) is 3. The maximum absolute atomic E-state index is 9.56. The van der Waals surface area contributed by atoms with Gasteiger partial charge in [-0.2, -0.15) is 4.98 Å². The molecule has 0 saturated heterocycles. The van der Waals surface area contributed by atoms with Gasteiger partial charge in [0.25, 0.3) is 0 Å². The molecule has 6 heteroatoms. The summed E-state index contributed by atoms with van der Waals surface area (Å²) in [4.78, 5) is 9.25. The molecule has 0 bridgehead atoms. The highest BCUT2D eigenvalue weighted by atomic mass is 79.9. The van der Waals surface area contributed by atoms with Gasteiger partial charge in [-0.15, -0.1) is 0 Å². The summed E-state index contributed by atoms with van der Waals surface area (Å²) in [5.41, 5.74) is 2.26. The predicted octanol–water partition coefficient (Wildman–Crippen LogP) is 4.16. The van der Waals surface area contributed by atoms with Gasteiger partial charge in [0.15, 0.2) is 0 Å². The largest absolute Gasteiger partial charge is 0.394 e. The van der Waals surface area contributed by atoms with Crippen LogP contribution >= 0.6 is 15.9 Å². The van der Waals surface area contributed by atoms with Crippen LogP contribution in [0.4, 0.5) is 11.8 Å². The number of nitrogens with zero attached hydrogens (tertiary/aromatic N) is 2. The average Bonchev–Trinajstić information content (AvgIpc) is 3.42. The van der Waals surface area contributed by atoms with Crippen molar-refractivity contribution in [1.29, 1.82) is 0 Å². The molecular formula is C19H25BrN4O. The van der Waals surface area contributed by atoms with Crippen molar-refractivity contribution in [3.8, 4) is 0 Å². The first-order valence-corrected chi connectivity index (χ1v) is 9.59. The van der Waals surface area contributed by atoms with Crippen molar-refractivity contribution < 1.29 is 5.11 Å². The molecule has 1 atom stereocenters. The SMILES string of the molecule is CC(C)[C@@H](CO)Nc1nc(NCc2cccc(Br)c2)cc(C2CC2)n1. The molecule has 0 spiro atoms. The third-order valence-electron chi connectivity index (χ3n) is 4.42. The van der Waals surface area contributed by atoms with Crippen LogP contribution in [0.2, 0.25) is 0 Å². The Morgan fingerprint density at radius 1 is 1.24 bits per heavy atom. The lowest BCUT2D eigenvalue weighted by Crippen LogP contribution is -2.30. The van der Waals surface area contributed by atoms with E-state index in [4.69, 9.17) is 0 Å². The Hall–Kier alpha value is -1.66. The van der Waals surface area contributed by atoms with Crippen LogP contribution in [0, 0.1) is 5.92 Å². The summed E-state index contributed by atoms with van der Waals surface area (Å²) >= 11 is 3.50. The maximum Gasteiger partial charge on any atom is 0.225 e. The fraction of sp³-hybridized carbons (Fsp3) is 0.474. The zero-order valence-electron chi connectivity index (χ0n) is 14.7. The lowest BCUT2D eigenvalue weighted by molar-refractivity contribution is 0.248. The molecule has 134 valence electrons. The molecule has 1 aromatic heterocycles. The maximum atomic E-state index is 9.56. The first kappa shape index (κ1) is 18.1. The molecule has 1 aromatic carbocycles. The van der Waals surface area contributed by atoms with Crippen LogP contribution < -0.4 is 10.6 Å². The second-order valence-electron chi connectivity index (χ2n) is 6.94. The highest BCUT2D eigenvalue weighted by molar-refractivity contribution is 9.10. The van der Waals surface area contributed by atoms with Crippen LogP contribution in [0.3, 0.4) is 0 Å². The van der Waals surface area contributed by atoms with Gasteiger partial charge in [0, 0.05) is 23.0 Å². The zero-order chi connectivity index (χ0) is 17.8. The smallest absolute Gasteiger partial charge is 0.225 e. The molecule has 3 N–H and O–H groups in total. The second-order valence-corrected chi connectivity index (χ2v) is 7.85. The van der Waals surface area contributed by atoms with Crippen molar-refractivity contribution in [2.45, 2.75) is 45.2 Å². The van der Waals surface area contributed by atoms with Gasteiger partial charge in [-0.05, 0) is 36.5 Å². The monoisotopic (exact) mass is 404 g/mol. The van der Waals surface area contributed by atoms with Crippen molar-refractivity contribution >= 4 is 27.7 Å². The average molecular weight is 405 g/mol. The number of hydrogen-bond acceptors (Lipinski definition) is 5. The third kappa shape index (κ3) is 5.16. The minimum Gasteiger partial charge on any atom is -0.394 e. The molecule has 1 aliphatic carbocycles. The lowest BCUT2D eigenvalue weighted by Gasteiger charge is -2.20. The van der Waals surface area contributed by atoms with Gasteiger partial charge >= 0.3 is 0 Å². The van der Waals surface area contributed by atoms with E-state index < -0.39 is 0 Å². The minimum atomic E-state index is -0.0487. The Bertz CT molecular complexity index is 718. The number of benzene rings is 1. The minimum absolute atomic E-state index is 0.0487. The first-order chi connectivity index (χ1) is 12.0. The van der Waals surface area contributed by atoms with Gasteiger partial charge in [-0.3, -0.25) is 0 Å². The number of nitrogens with one attached hydrogen (secondary N) is 2. The molecule has 1 saturated carbocycles. The van der Waals surface area contributed by atoms with E-state index in [9.17, 15) is 5.11 Å². The molecule has 5 nitrogen and oxygen atoms in total. The summed E-state index contributed by atoms with van der Waals surface area (Å²) in [6.07, 6.45) is 2.38. The zero-order valence-corrected chi connectivity index (χ0v) is 16.3. The van der Waals surface area contributed by atoms with Gasteiger partial charge < -0.3 is 15.7 Å². The Labute approximate surface area is 157 Å². The predicted molar refractivity (Wildman–Crippen MR) is 105 cm³/mol. The summed E-state index contributed by atoms with van der Waals surface area (Å²) in [6.45, 7) is 4.92. The van der Waals surface area contributed by atoms with Gasteiger partial charge in [0.2, 0.25) is 5.95 Å². The number of aliphatic hydroxyl groups excluding tert-OH is 1. The van der Waals surface area contributed by atoms with E-state index in [1.165, 1.54) is 18.4 Å². The van der Waals surface area contributed by atoms with Crippen molar-refractivity contribution in [3.05, 3.63) is 46.1 Å². The van der Waals surface area contributed by atoms with Gasteiger partial charge in [0.1, 0.15) is 5.82 Å². The van der Waals surface area contributed by atoms with E-state index in [0.717, 1.165) is 16.0 Å². The van der Waals surface area contributed by atoms with Crippen LogP contribution in [0.5, 0.6) is 0 Å². The number of rotatable bonds is 8. The molecule has 1 heterocycles. The molecule has 0 unspecified atom stereocenters. The standard InChI is InChI=1S/C19H25BrN4O/c1-12(2)17(11-25)23-19-22-16(14-6-7-14)9-18(24-19)21-10-13-4-3-5-15(20)8-13/h3-5,8-9,12,14,17,25H,6-7,10-11H2,1-2H3,(H2,21,22,23,24)/t17-/m1/s1. The van der Waals surface area contributed by atoms with Crippen molar-refractivity contribution in [1.82, 2.24) is 9.97 Å². The number of aliphatic hydroxyl groups is 1. The molecular weight excluding hydrogens is 380 g/mol. The van der Waals surface area contributed by atoms with Crippen molar-refractivity contribution in [2.24, 2.45) is 5.92 Å². The normalized spacial score (nSPS) is 15.2. The van der Waals surface area contributed by atoms with Crippen molar-refractivity contribution in [2.75, 3.05) is 17.2 Å². The highest BCUT2D eigenvalue weighted by Gasteiger charge is 2.26. The fourth-order valence-electron chi connectivity index (χ4n) is 2.64. The molecule has 3 rings (SSSR count). The number of anilines is 2. The van der Waals surface area contributed by atoms with Gasteiger partial charge in [-0.1, -0.05) is 41.9 Å². The fourth-order valence-corrected chi connectivity index (χ4v) is 3.08. The third-order valence-corrected chi connectivity index (χ3v) is 4.91. The quantitative estimate of drug-likeness (QED) is 0.616. The van der Waals surface area contributed by atoms with Crippen molar-refractivity contribution in [3.63, 3.8) is 0 Å². The highest BCUT2D eigenvalue weighted by Crippen LogP contribution is 2.40. The summed E-state index contributed by atoms with van der Waals surface area (Å²) < 4.78 is 1.07. The summed E-state index contributed by atoms with van der Waals surface area (Å²) in [5, 5.41) is 16.2. The van der Waals surface area contributed by atoms with Gasteiger partial charge in [0.05, 0.1) is 18.3 Å². The molecule has 1 fully saturated rings.